The number of aromatic nitrogens is 2. The molecule has 0 saturated carbocycles. The standard InChI is InChI=1S/C50H64N6O12/c1-6-32-29(2)38-26-43-36-10-7-35(48(61)62)47(49(63)64)50(36,5)44(56-43)28-39-31(4)34(9-12-46(60)52-14-18-66-22-24-68-20-16-58)42(55-39)27-41-33(30(3)37(54-41)25-40(32)53-38)8-11-45(59)51-13-17-65-21-23-67-19-15-57/h6-7,10,26-28,40,47,54-55,57-58H,1,8-9,11-25H2,2-5H3,(H,51,59)(H,52,60)(H,61,62)(H,63,64)/b39-28-,42-27-,43-26-. The number of nitrogens with zero attached hydrogens (tertiary/aromatic N) is 2. The summed E-state index contributed by atoms with van der Waals surface area (Å²) >= 11 is 0. The van der Waals surface area contributed by atoms with Crippen LogP contribution in [-0.2, 0) is 57.4 Å². The number of carboxylic acid groups (broad SMARTS) is 2. The molecule has 366 valence electrons. The number of amides is 2. The Bertz CT molecular complexity index is 2580. The molecule has 18 heteroatoms. The number of rotatable bonds is 25. The Kier molecular flexibility index (Phi) is 18.0. The van der Waals surface area contributed by atoms with Gasteiger partial charge < -0.3 is 60.0 Å². The molecule has 1 aliphatic carbocycles. The molecule has 2 aromatic rings. The Hall–Kier alpha value is -6.02. The molecule has 3 atom stereocenters. The number of aliphatic imine (C=N–C) groups is 2. The van der Waals surface area contributed by atoms with Crippen molar-refractivity contribution in [1.29, 1.82) is 0 Å². The third-order valence-electron chi connectivity index (χ3n) is 12.9. The van der Waals surface area contributed by atoms with Gasteiger partial charge in [-0.3, -0.25) is 24.4 Å². The van der Waals surface area contributed by atoms with Gasteiger partial charge in [-0.05, 0) is 97.7 Å². The summed E-state index contributed by atoms with van der Waals surface area (Å²) in [6.45, 7) is 14.6. The number of allylic oxidation sites excluding steroid dienone is 5. The number of H-pyrrole nitrogens is 2. The van der Waals surface area contributed by atoms with Crippen LogP contribution in [0.15, 0.2) is 68.9 Å². The fourth-order valence-corrected chi connectivity index (χ4v) is 9.23. The Morgan fingerprint density at radius 3 is 1.97 bits per heavy atom. The van der Waals surface area contributed by atoms with E-state index in [-0.39, 0.29) is 75.9 Å². The van der Waals surface area contributed by atoms with E-state index in [1.165, 1.54) is 6.08 Å². The molecule has 8 bridgehead atoms. The van der Waals surface area contributed by atoms with E-state index >= 15 is 0 Å². The first-order valence-electron chi connectivity index (χ1n) is 23.0. The summed E-state index contributed by atoms with van der Waals surface area (Å²) in [4.78, 5) is 69.7. The average Bonchev–Trinajstić information content (AvgIpc) is 3.96. The zero-order valence-electron chi connectivity index (χ0n) is 39.3. The highest BCUT2D eigenvalue weighted by molar-refractivity contribution is 6.21. The third kappa shape index (κ3) is 11.8. The maximum absolute atomic E-state index is 13.3. The largest absolute Gasteiger partial charge is 0.481 e. The summed E-state index contributed by atoms with van der Waals surface area (Å²) in [6, 6.07) is -0.338. The van der Waals surface area contributed by atoms with Crippen molar-refractivity contribution in [3.8, 4) is 0 Å². The van der Waals surface area contributed by atoms with Crippen molar-refractivity contribution in [2.45, 2.75) is 65.8 Å². The second-order valence-corrected chi connectivity index (χ2v) is 17.1. The minimum absolute atomic E-state index is 0.0633. The number of aromatic amines is 2. The van der Waals surface area contributed by atoms with E-state index in [2.05, 4.69) is 27.2 Å². The number of aliphatic hydroxyl groups excluding tert-OH is 2. The predicted molar refractivity (Wildman–Crippen MR) is 255 cm³/mol. The minimum atomic E-state index is -1.48. The number of aliphatic carboxylic acids is 2. The van der Waals surface area contributed by atoms with Crippen LogP contribution in [-0.4, -0.2) is 151 Å². The lowest BCUT2D eigenvalue weighted by molar-refractivity contribution is -0.145. The van der Waals surface area contributed by atoms with E-state index in [0.29, 0.717) is 92.2 Å². The molecule has 0 radical (unpaired) electrons. The molecule has 18 nitrogen and oxygen atoms in total. The normalized spacial score (nSPS) is 21.2. The molecule has 8 N–H and O–H groups in total. The van der Waals surface area contributed by atoms with Gasteiger partial charge in [-0.25, -0.2) is 4.79 Å². The predicted octanol–water partition coefficient (Wildman–Crippen LogP) is 1.60. The fraction of sp³-hybridized carbons (Fsp3) is 0.480. The number of hydrogen-bond donors (Lipinski definition) is 8. The first-order valence-corrected chi connectivity index (χ1v) is 23.0. The zero-order chi connectivity index (χ0) is 49.0. The van der Waals surface area contributed by atoms with Gasteiger partial charge in [-0.1, -0.05) is 24.8 Å². The maximum atomic E-state index is 13.3. The van der Waals surface area contributed by atoms with Crippen LogP contribution in [0.4, 0.5) is 0 Å². The molecular formula is C50H64N6O12. The van der Waals surface area contributed by atoms with E-state index in [4.69, 9.17) is 39.1 Å². The van der Waals surface area contributed by atoms with Gasteiger partial charge >= 0.3 is 11.9 Å². The quantitative estimate of drug-likeness (QED) is 0.0661. The number of aliphatic hydroxyl groups is 2. The van der Waals surface area contributed by atoms with Crippen molar-refractivity contribution in [3.05, 3.63) is 103 Å². The lowest BCUT2D eigenvalue weighted by Gasteiger charge is -2.36. The summed E-state index contributed by atoms with van der Waals surface area (Å²) in [5, 5.41) is 45.9. The van der Waals surface area contributed by atoms with Crippen LogP contribution in [0.25, 0.3) is 12.2 Å². The van der Waals surface area contributed by atoms with Crippen LogP contribution in [0.1, 0.15) is 60.3 Å². The van der Waals surface area contributed by atoms with Gasteiger partial charge in [0.15, 0.2) is 0 Å². The van der Waals surface area contributed by atoms with Crippen molar-refractivity contribution in [2.75, 3.05) is 79.2 Å². The average molecular weight is 941 g/mol. The molecule has 68 heavy (non-hydrogen) atoms. The molecule has 2 amide bonds. The van der Waals surface area contributed by atoms with Crippen LogP contribution in [0.2, 0.25) is 0 Å². The number of carbonyl (C=O) groups excluding carboxylic acids is 2. The summed E-state index contributed by atoms with van der Waals surface area (Å²) < 4.78 is 21.5. The second-order valence-electron chi connectivity index (χ2n) is 17.1. The Morgan fingerprint density at radius 1 is 0.794 bits per heavy atom. The number of hydrogen-bond acceptors (Lipinski definition) is 12. The third-order valence-corrected chi connectivity index (χ3v) is 12.9. The smallest absolute Gasteiger partial charge is 0.332 e. The van der Waals surface area contributed by atoms with Crippen molar-refractivity contribution in [2.24, 2.45) is 21.3 Å². The molecular weight excluding hydrogens is 877 g/mol. The summed E-state index contributed by atoms with van der Waals surface area (Å²) in [5.41, 5.74) is 7.33. The highest BCUT2D eigenvalue weighted by Crippen LogP contribution is 2.52. The number of ether oxygens (including phenoxy) is 4. The SMILES string of the molecule is C=CC1=C(C)C2=NC1Cc1[nH]c(c(CCC(=O)NCCOCCOCCO)c1C)/C=c1\[nH]/c(c(C)c1CCC(=O)NCCOCCOCCO)=C\C1=NC(=C\2)/C2=CC=C(C(=O)O)C(C(=O)O)C21C. The molecule has 3 unspecified atom stereocenters. The van der Waals surface area contributed by atoms with Gasteiger partial charge in [0.25, 0.3) is 0 Å². The number of nitrogens with one attached hydrogen (secondary N) is 4. The second kappa shape index (κ2) is 23.8. The molecule has 0 spiro atoms. The zero-order valence-corrected chi connectivity index (χ0v) is 39.3. The van der Waals surface area contributed by atoms with Crippen molar-refractivity contribution < 1.29 is 58.6 Å². The van der Waals surface area contributed by atoms with Crippen LogP contribution in [0.5, 0.6) is 0 Å². The van der Waals surface area contributed by atoms with E-state index < -0.39 is 23.3 Å². The fourth-order valence-electron chi connectivity index (χ4n) is 9.23. The van der Waals surface area contributed by atoms with Crippen LogP contribution >= 0.6 is 0 Å². The molecule has 0 fully saturated rings. The summed E-state index contributed by atoms with van der Waals surface area (Å²) in [7, 11) is 0. The van der Waals surface area contributed by atoms with Crippen LogP contribution < -0.4 is 21.3 Å². The number of carbonyl (C=O) groups is 4. The highest BCUT2D eigenvalue weighted by atomic mass is 16.5. The van der Waals surface area contributed by atoms with Crippen molar-refractivity contribution in [1.82, 2.24) is 20.6 Å². The monoisotopic (exact) mass is 940 g/mol. The molecule has 0 saturated heterocycles. The first-order chi connectivity index (χ1) is 32.7. The molecule has 0 aromatic carbocycles. The Labute approximate surface area is 395 Å². The number of carboxylic acids is 2. The van der Waals surface area contributed by atoms with E-state index in [1.807, 2.05) is 32.9 Å². The summed E-state index contributed by atoms with van der Waals surface area (Å²) in [6.07, 6.45) is 11.9. The van der Waals surface area contributed by atoms with Gasteiger partial charge in [0.1, 0.15) is 5.92 Å². The van der Waals surface area contributed by atoms with Gasteiger partial charge in [0.2, 0.25) is 11.8 Å². The molecule has 5 heterocycles. The molecule has 6 rings (SSSR count). The lowest BCUT2D eigenvalue weighted by Crippen LogP contribution is -2.43. The van der Waals surface area contributed by atoms with Crippen molar-refractivity contribution >= 4 is 47.3 Å². The van der Waals surface area contributed by atoms with Crippen molar-refractivity contribution in [3.63, 3.8) is 0 Å². The minimum Gasteiger partial charge on any atom is -0.481 e. The van der Waals surface area contributed by atoms with Gasteiger partial charge in [-0.15, -0.1) is 0 Å². The van der Waals surface area contributed by atoms with Gasteiger partial charge in [-0.2, -0.15) is 0 Å². The van der Waals surface area contributed by atoms with Crippen LogP contribution in [0, 0.1) is 25.2 Å². The van der Waals surface area contributed by atoms with Crippen LogP contribution in [0.3, 0.4) is 0 Å². The van der Waals surface area contributed by atoms with E-state index in [0.717, 1.165) is 44.8 Å². The molecule has 2 aromatic heterocycles. The highest BCUT2D eigenvalue weighted by Gasteiger charge is 2.54. The maximum Gasteiger partial charge on any atom is 0.332 e. The topological polar surface area (TPSA) is 266 Å². The van der Waals surface area contributed by atoms with E-state index in [1.54, 1.807) is 25.2 Å². The number of fused-ring (bicyclic) bond motifs is 9. The van der Waals surface area contributed by atoms with Gasteiger partial charge in [0, 0.05) is 54.4 Å². The Morgan fingerprint density at radius 2 is 1.40 bits per heavy atom. The Balaban J connectivity index is 1.41. The lowest BCUT2D eigenvalue weighted by atomic mass is 9.63. The molecule has 4 aliphatic rings. The molecule has 3 aliphatic heterocycles. The summed E-state index contributed by atoms with van der Waals surface area (Å²) in [5.74, 6) is -4.47. The van der Waals surface area contributed by atoms with E-state index in [9.17, 15) is 29.4 Å². The van der Waals surface area contributed by atoms with Gasteiger partial charge in [0.05, 0.1) is 100 Å². The first kappa shape index (κ1) is 51.4.